The number of morpholine rings is 1. The minimum atomic E-state index is -0.692. The van der Waals surface area contributed by atoms with Crippen LogP contribution in [0.25, 0.3) is 0 Å². The van der Waals surface area contributed by atoms with Gasteiger partial charge in [-0.25, -0.2) is 14.3 Å². The number of nitrogens with one attached hydrogen (secondary N) is 2. The summed E-state index contributed by atoms with van der Waals surface area (Å²) in [6, 6.07) is 11.0. The molecular weight excluding hydrogens is 424 g/mol. The predicted molar refractivity (Wildman–Crippen MR) is 118 cm³/mol. The summed E-state index contributed by atoms with van der Waals surface area (Å²) in [5.74, 6) is -0.0723. The van der Waals surface area contributed by atoms with Crippen LogP contribution in [0.5, 0.6) is 0 Å². The van der Waals surface area contributed by atoms with E-state index in [2.05, 4.69) is 30.7 Å². The van der Waals surface area contributed by atoms with Gasteiger partial charge in [0.1, 0.15) is 18.2 Å². The highest BCUT2D eigenvalue weighted by Crippen LogP contribution is 2.18. The molecule has 2 N–H and O–H groups in total. The van der Waals surface area contributed by atoms with Gasteiger partial charge in [-0.05, 0) is 12.0 Å². The molecule has 0 radical (unpaired) electrons. The number of aryl methyl sites for hydroxylation is 1. The number of ether oxygens (including phenoxy) is 1. The molecular formula is C22H26N8O3. The van der Waals surface area contributed by atoms with E-state index in [0.29, 0.717) is 25.3 Å². The van der Waals surface area contributed by atoms with Gasteiger partial charge in [-0.15, -0.1) is 5.10 Å². The Morgan fingerprint density at radius 2 is 1.94 bits per heavy atom. The smallest absolute Gasteiger partial charge is 0.291 e. The van der Waals surface area contributed by atoms with E-state index in [1.54, 1.807) is 9.36 Å². The Bertz CT molecular complexity index is 1120. The van der Waals surface area contributed by atoms with E-state index < -0.39 is 11.9 Å². The highest BCUT2D eigenvalue weighted by atomic mass is 16.5. The lowest BCUT2D eigenvalue weighted by molar-refractivity contribution is -0.118. The number of hydrogen-bond donors (Lipinski definition) is 2. The molecule has 1 saturated heterocycles. The van der Waals surface area contributed by atoms with Gasteiger partial charge in [0.05, 0.1) is 25.5 Å². The average Bonchev–Trinajstić information content (AvgIpc) is 3.41. The van der Waals surface area contributed by atoms with Crippen LogP contribution in [0.4, 0.5) is 5.82 Å². The van der Waals surface area contributed by atoms with E-state index in [1.165, 1.54) is 6.33 Å². The molecule has 1 atom stereocenters. The Hall–Kier alpha value is -3.57. The molecule has 2 aliphatic rings. The Balaban J connectivity index is 1.18. The molecule has 2 aromatic heterocycles. The van der Waals surface area contributed by atoms with Crippen molar-refractivity contribution in [2.75, 3.05) is 31.6 Å². The average molecular weight is 451 g/mol. The molecule has 11 heteroatoms. The zero-order valence-corrected chi connectivity index (χ0v) is 18.2. The molecule has 0 aliphatic carbocycles. The fraction of sp³-hybridized carbons (Fsp3) is 0.409. The van der Waals surface area contributed by atoms with Crippen LogP contribution < -0.4 is 10.6 Å². The number of carbonyl (C=O) groups excluding carboxylic acids is 2. The molecule has 0 spiro atoms. The third-order valence-corrected chi connectivity index (χ3v) is 5.75. The van der Waals surface area contributed by atoms with Crippen molar-refractivity contribution in [3.05, 3.63) is 59.8 Å². The van der Waals surface area contributed by atoms with Crippen molar-refractivity contribution in [1.29, 1.82) is 0 Å². The number of aromatic nitrogens is 5. The quantitative estimate of drug-likeness (QED) is 0.561. The molecule has 0 bridgehead atoms. The van der Waals surface area contributed by atoms with Crippen molar-refractivity contribution >= 4 is 17.6 Å². The first-order valence-corrected chi connectivity index (χ1v) is 11.1. The summed E-state index contributed by atoms with van der Waals surface area (Å²) in [4.78, 5) is 31.8. The standard InChI is InChI=1S/C22H26N8O3/c31-21-18(24-22(32)20-23-15-29(27-20)13-16-4-2-1-3-5-16)6-7-30-19(25-21)12-17(26-30)14-28-8-10-33-11-9-28/h1-5,12,15,18H,6-11,13-14H2,(H,24,32)(H,25,31). The van der Waals surface area contributed by atoms with Crippen LogP contribution in [0.2, 0.25) is 0 Å². The molecule has 1 aromatic carbocycles. The Morgan fingerprint density at radius 1 is 1.12 bits per heavy atom. The third-order valence-electron chi connectivity index (χ3n) is 5.75. The molecule has 11 nitrogen and oxygen atoms in total. The number of rotatable bonds is 6. The van der Waals surface area contributed by atoms with Crippen LogP contribution in [0.15, 0.2) is 42.7 Å². The van der Waals surface area contributed by atoms with Gasteiger partial charge in [0.25, 0.3) is 5.91 Å². The van der Waals surface area contributed by atoms with Gasteiger partial charge < -0.3 is 15.4 Å². The van der Waals surface area contributed by atoms with Gasteiger partial charge in [-0.1, -0.05) is 30.3 Å². The van der Waals surface area contributed by atoms with E-state index in [4.69, 9.17) is 4.74 Å². The second-order valence-corrected chi connectivity index (χ2v) is 8.19. The van der Waals surface area contributed by atoms with Crippen LogP contribution in [0.3, 0.4) is 0 Å². The summed E-state index contributed by atoms with van der Waals surface area (Å²) in [6.45, 7) is 4.94. The summed E-state index contributed by atoms with van der Waals surface area (Å²) >= 11 is 0. The second kappa shape index (κ2) is 9.51. The number of hydrogen-bond acceptors (Lipinski definition) is 7. The molecule has 4 heterocycles. The van der Waals surface area contributed by atoms with E-state index in [1.807, 2.05) is 36.4 Å². The topological polar surface area (TPSA) is 119 Å². The number of anilines is 1. The van der Waals surface area contributed by atoms with Gasteiger partial charge in [0.15, 0.2) is 0 Å². The number of amides is 2. The Labute approximate surface area is 190 Å². The SMILES string of the molecule is O=C(NC1CCn2nc(CN3CCOCC3)cc2NC1=O)c1ncn(Cc2ccccc2)n1. The fourth-order valence-corrected chi connectivity index (χ4v) is 4.01. The van der Waals surface area contributed by atoms with Gasteiger partial charge in [0, 0.05) is 32.2 Å². The van der Waals surface area contributed by atoms with Crippen molar-refractivity contribution < 1.29 is 14.3 Å². The van der Waals surface area contributed by atoms with E-state index in [9.17, 15) is 9.59 Å². The molecule has 0 saturated carbocycles. The largest absolute Gasteiger partial charge is 0.379 e. The third kappa shape index (κ3) is 5.10. The fourth-order valence-electron chi connectivity index (χ4n) is 4.01. The number of carbonyl (C=O) groups is 2. The van der Waals surface area contributed by atoms with Crippen LogP contribution >= 0.6 is 0 Å². The molecule has 33 heavy (non-hydrogen) atoms. The van der Waals surface area contributed by atoms with Crippen molar-refractivity contribution in [3.8, 4) is 0 Å². The molecule has 1 fully saturated rings. The maximum absolute atomic E-state index is 12.7. The Kier molecular flexibility index (Phi) is 6.13. The first-order valence-electron chi connectivity index (χ1n) is 11.1. The molecule has 5 rings (SSSR count). The number of nitrogens with zero attached hydrogens (tertiary/aromatic N) is 6. The second-order valence-electron chi connectivity index (χ2n) is 8.19. The van der Waals surface area contributed by atoms with E-state index in [0.717, 1.165) is 44.1 Å². The highest BCUT2D eigenvalue weighted by molar-refractivity contribution is 5.99. The van der Waals surface area contributed by atoms with Crippen LogP contribution in [-0.2, 0) is 29.2 Å². The zero-order valence-electron chi connectivity index (χ0n) is 18.2. The summed E-state index contributed by atoms with van der Waals surface area (Å²) in [5.41, 5.74) is 1.96. The maximum atomic E-state index is 12.7. The van der Waals surface area contributed by atoms with E-state index in [-0.39, 0.29) is 11.7 Å². The predicted octanol–water partition coefficient (Wildman–Crippen LogP) is 0.496. The monoisotopic (exact) mass is 450 g/mol. The zero-order chi connectivity index (χ0) is 22.6. The summed E-state index contributed by atoms with van der Waals surface area (Å²) in [5, 5.41) is 14.5. The van der Waals surface area contributed by atoms with E-state index >= 15 is 0 Å². The Morgan fingerprint density at radius 3 is 2.76 bits per heavy atom. The number of benzene rings is 1. The van der Waals surface area contributed by atoms with Crippen LogP contribution in [-0.4, -0.2) is 73.6 Å². The lowest BCUT2D eigenvalue weighted by atomic mass is 10.2. The van der Waals surface area contributed by atoms with Crippen LogP contribution in [0, 0.1) is 0 Å². The molecule has 1 unspecified atom stereocenters. The van der Waals surface area contributed by atoms with Gasteiger partial charge in [-0.2, -0.15) is 5.10 Å². The van der Waals surface area contributed by atoms with Crippen molar-refractivity contribution in [1.82, 2.24) is 34.8 Å². The van der Waals surface area contributed by atoms with Gasteiger partial charge in [0.2, 0.25) is 11.7 Å². The molecule has 2 aliphatic heterocycles. The van der Waals surface area contributed by atoms with Crippen molar-refractivity contribution in [2.45, 2.75) is 32.1 Å². The van der Waals surface area contributed by atoms with Gasteiger partial charge in [-0.3, -0.25) is 14.5 Å². The first-order chi connectivity index (χ1) is 16.1. The van der Waals surface area contributed by atoms with Gasteiger partial charge >= 0.3 is 0 Å². The molecule has 3 aromatic rings. The van der Waals surface area contributed by atoms with Crippen molar-refractivity contribution in [2.24, 2.45) is 0 Å². The first kappa shape index (κ1) is 21.3. The summed E-state index contributed by atoms with van der Waals surface area (Å²) in [7, 11) is 0. The van der Waals surface area contributed by atoms with Crippen molar-refractivity contribution in [3.63, 3.8) is 0 Å². The minimum Gasteiger partial charge on any atom is -0.379 e. The lowest BCUT2D eigenvalue weighted by Gasteiger charge is -2.25. The maximum Gasteiger partial charge on any atom is 0.291 e. The minimum absolute atomic E-state index is 0.0357. The highest BCUT2D eigenvalue weighted by Gasteiger charge is 2.28. The lowest BCUT2D eigenvalue weighted by Crippen LogP contribution is -2.43. The number of fused-ring (bicyclic) bond motifs is 1. The summed E-state index contributed by atoms with van der Waals surface area (Å²) < 4.78 is 8.77. The van der Waals surface area contributed by atoms with Crippen LogP contribution in [0.1, 0.15) is 28.3 Å². The normalized spacial score (nSPS) is 18.9. The molecule has 2 amide bonds. The summed E-state index contributed by atoms with van der Waals surface area (Å²) in [6.07, 6.45) is 1.94. The molecule has 172 valence electrons.